The molecular formula is C12H21N3O. The van der Waals surface area contributed by atoms with E-state index in [2.05, 4.69) is 16.8 Å². The topological polar surface area (TPSA) is 50.8 Å². The molecule has 2 aliphatic heterocycles. The number of hydrogen-bond donors (Lipinski definition) is 1. The fourth-order valence-corrected chi connectivity index (χ4v) is 2.79. The Bertz CT molecular complexity index is 301. The first kappa shape index (κ1) is 10.4. The third-order valence-electron chi connectivity index (χ3n) is 3.98. The zero-order chi connectivity index (χ0) is 11.1. The second-order valence-electron chi connectivity index (χ2n) is 5.42. The minimum atomic E-state index is 0.346. The third kappa shape index (κ3) is 1.90. The summed E-state index contributed by atoms with van der Waals surface area (Å²) in [5.41, 5.74) is 5.97. The van der Waals surface area contributed by atoms with Gasteiger partial charge in [-0.1, -0.05) is 0 Å². The number of ether oxygens (including phenoxy) is 1. The van der Waals surface area contributed by atoms with Crippen molar-refractivity contribution in [3.63, 3.8) is 0 Å². The number of guanidine groups is 1. The summed E-state index contributed by atoms with van der Waals surface area (Å²) in [4.78, 5) is 6.68. The fourth-order valence-electron chi connectivity index (χ4n) is 2.79. The fraction of sp³-hybridized carbons (Fsp3) is 0.917. The SMILES string of the molecule is CC1CCC(C2CN=C(N)N2CC2CC2)O1. The average molecular weight is 223 g/mol. The summed E-state index contributed by atoms with van der Waals surface area (Å²) in [6, 6.07) is 0.408. The van der Waals surface area contributed by atoms with E-state index >= 15 is 0 Å². The lowest BCUT2D eigenvalue weighted by Crippen LogP contribution is -2.47. The van der Waals surface area contributed by atoms with Gasteiger partial charge in [-0.25, -0.2) is 0 Å². The van der Waals surface area contributed by atoms with Crippen molar-refractivity contribution in [2.45, 2.75) is 50.9 Å². The van der Waals surface area contributed by atoms with E-state index < -0.39 is 0 Å². The smallest absolute Gasteiger partial charge is 0.191 e. The highest BCUT2D eigenvalue weighted by atomic mass is 16.5. The summed E-state index contributed by atoms with van der Waals surface area (Å²) in [5, 5.41) is 0. The van der Waals surface area contributed by atoms with E-state index in [1.807, 2.05) is 0 Å². The predicted octanol–water partition coefficient (Wildman–Crippen LogP) is 0.963. The van der Waals surface area contributed by atoms with Gasteiger partial charge in [0.2, 0.25) is 0 Å². The molecule has 0 aromatic rings. The Kier molecular flexibility index (Phi) is 2.54. The molecule has 1 saturated carbocycles. The summed E-state index contributed by atoms with van der Waals surface area (Å²) >= 11 is 0. The number of hydrogen-bond acceptors (Lipinski definition) is 4. The molecule has 2 heterocycles. The zero-order valence-corrected chi connectivity index (χ0v) is 9.93. The Hall–Kier alpha value is -0.770. The molecule has 0 amide bonds. The predicted molar refractivity (Wildman–Crippen MR) is 63.3 cm³/mol. The highest BCUT2D eigenvalue weighted by molar-refractivity contribution is 5.80. The lowest BCUT2D eigenvalue weighted by molar-refractivity contribution is 0.0163. The van der Waals surface area contributed by atoms with Crippen LogP contribution in [0.25, 0.3) is 0 Å². The van der Waals surface area contributed by atoms with Gasteiger partial charge in [0.15, 0.2) is 5.96 Å². The third-order valence-corrected chi connectivity index (χ3v) is 3.98. The van der Waals surface area contributed by atoms with Crippen LogP contribution >= 0.6 is 0 Å². The van der Waals surface area contributed by atoms with Crippen molar-refractivity contribution in [3.05, 3.63) is 0 Å². The highest BCUT2D eigenvalue weighted by Crippen LogP contribution is 2.33. The van der Waals surface area contributed by atoms with Crippen molar-refractivity contribution in [2.24, 2.45) is 16.6 Å². The van der Waals surface area contributed by atoms with E-state index in [1.54, 1.807) is 0 Å². The summed E-state index contributed by atoms with van der Waals surface area (Å²) < 4.78 is 5.96. The molecule has 2 fully saturated rings. The Morgan fingerprint density at radius 3 is 2.81 bits per heavy atom. The maximum Gasteiger partial charge on any atom is 0.191 e. The van der Waals surface area contributed by atoms with Gasteiger partial charge in [0.1, 0.15) is 0 Å². The molecule has 0 radical (unpaired) electrons. The summed E-state index contributed by atoms with van der Waals surface area (Å²) in [5.74, 6) is 1.59. The molecule has 16 heavy (non-hydrogen) atoms. The summed E-state index contributed by atoms with van der Waals surface area (Å²) in [6.45, 7) is 4.08. The van der Waals surface area contributed by atoms with Crippen LogP contribution in [-0.2, 0) is 4.74 Å². The highest BCUT2D eigenvalue weighted by Gasteiger charge is 2.39. The molecule has 3 atom stereocenters. The van der Waals surface area contributed by atoms with Crippen LogP contribution in [-0.4, -0.2) is 42.2 Å². The van der Waals surface area contributed by atoms with Crippen LogP contribution in [0, 0.1) is 5.92 Å². The van der Waals surface area contributed by atoms with E-state index in [4.69, 9.17) is 10.5 Å². The Balaban J connectivity index is 1.65. The maximum absolute atomic E-state index is 5.97. The Labute approximate surface area is 96.8 Å². The van der Waals surface area contributed by atoms with Gasteiger partial charge < -0.3 is 15.4 Å². The van der Waals surface area contributed by atoms with Gasteiger partial charge >= 0.3 is 0 Å². The van der Waals surface area contributed by atoms with Crippen LogP contribution in [0.2, 0.25) is 0 Å². The van der Waals surface area contributed by atoms with Crippen LogP contribution in [0.15, 0.2) is 4.99 Å². The van der Waals surface area contributed by atoms with E-state index in [0.717, 1.165) is 31.4 Å². The van der Waals surface area contributed by atoms with Gasteiger partial charge in [0, 0.05) is 6.54 Å². The molecule has 1 aliphatic carbocycles. The van der Waals surface area contributed by atoms with Crippen molar-refractivity contribution in [2.75, 3.05) is 13.1 Å². The summed E-state index contributed by atoms with van der Waals surface area (Å²) in [6.07, 6.45) is 5.82. The minimum Gasteiger partial charge on any atom is -0.373 e. The number of aliphatic imine (C=N–C) groups is 1. The molecule has 0 spiro atoms. The zero-order valence-electron chi connectivity index (χ0n) is 9.93. The van der Waals surface area contributed by atoms with Crippen LogP contribution < -0.4 is 5.73 Å². The van der Waals surface area contributed by atoms with Crippen molar-refractivity contribution in [3.8, 4) is 0 Å². The van der Waals surface area contributed by atoms with Crippen LogP contribution in [0.1, 0.15) is 32.6 Å². The lowest BCUT2D eigenvalue weighted by atomic mass is 10.1. The standard InChI is InChI=1S/C12H21N3O/c1-8-2-5-11(16-8)10-6-14-12(13)15(10)7-9-3-4-9/h8-11H,2-7H2,1H3,(H2,13,14). The quantitative estimate of drug-likeness (QED) is 0.775. The summed E-state index contributed by atoms with van der Waals surface area (Å²) in [7, 11) is 0. The van der Waals surface area contributed by atoms with E-state index in [-0.39, 0.29) is 0 Å². The molecule has 4 nitrogen and oxygen atoms in total. The lowest BCUT2D eigenvalue weighted by Gasteiger charge is -2.30. The first-order valence-corrected chi connectivity index (χ1v) is 6.46. The first-order valence-electron chi connectivity index (χ1n) is 6.46. The van der Waals surface area contributed by atoms with Crippen LogP contribution in [0.4, 0.5) is 0 Å². The molecule has 1 saturated heterocycles. The minimum absolute atomic E-state index is 0.346. The molecule has 4 heteroatoms. The molecule has 90 valence electrons. The first-order chi connectivity index (χ1) is 7.74. The number of nitrogens with two attached hydrogens (primary N) is 1. The molecular weight excluding hydrogens is 202 g/mol. The van der Waals surface area contributed by atoms with Crippen LogP contribution in [0.3, 0.4) is 0 Å². The normalized spacial score (nSPS) is 39.2. The molecule has 0 bridgehead atoms. The molecule has 0 aromatic carbocycles. The van der Waals surface area contributed by atoms with Crippen molar-refractivity contribution in [1.82, 2.24) is 4.90 Å². The van der Waals surface area contributed by atoms with Crippen molar-refractivity contribution < 1.29 is 4.74 Å². The van der Waals surface area contributed by atoms with Crippen LogP contribution in [0.5, 0.6) is 0 Å². The van der Waals surface area contributed by atoms with Crippen molar-refractivity contribution in [1.29, 1.82) is 0 Å². The second kappa shape index (κ2) is 3.91. The monoisotopic (exact) mass is 223 g/mol. The molecule has 0 aromatic heterocycles. The van der Waals surface area contributed by atoms with E-state index in [9.17, 15) is 0 Å². The second-order valence-corrected chi connectivity index (χ2v) is 5.42. The Morgan fingerprint density at radius 2 is 2.19 bits per heavy atom. The van der Waals surface area contributed by atoms with E-state index in [1.165, 1.54) is 19.3 Å². The number of rotatable bonds is 3. The molecule has 3 rings (SSSR count). The van der Waals surface area contributed by atoms with Gasteiger partial charge in [-0.3, -0.25) is 4.99 Å². The van der Waals surface area contributed by atoms with Crippen molar-refractivity contribution >= 4 is 5.96 Å². The van der Waals surface area contributed by atoms with Gasteiger partial charge in [0.05, 0.1) is 24.8 Å². The maximum atomic E-state index is 5.97. The van der Waals surface area contributed by atoms with Gasteiger partial charge in [0.25, 0.3) is 0 Å². The van der Waals surface area contributed by atoms with E-state index in [0.29, 0.717) is 18.2 Å². The Morgan fingerprint density at radius 1 is 1.38 bits per heavy atom. The van der Waals surface area contributed by atoms with Gasteiger partial charge in [-0.2, -0.15) is 0 Å². The average Bonchev–Trinajstić information content (AvgIpc) is 2.87. The molecule has 3 unspecified atom stereocenters. The largest absolute Gasteiger partial charge is 0.373 e. The molecule has 3 aliphatic rings. The van der Waals surface area contributed by atoms with Gasteiger partial charge in [-0.15, -0.1) is 0 Å². The molecule has 2 N–H and O–H groups in total. The van der Waals surface area contributed by atoms with Gasteiger partial charge in [-0.05, 0) is 38.5 Å². The number of nitrogens with zero attached hydrogens (tertiary/aromatic N) is 2.